The summed E-state index contributed by atoms with van der Waals surface area (Å²) in [5.41, 5.74) is 1.96. The maximum absolute atomic E-state index is 6.00. The molecule has 114 valence electrons. The fourth-order valence-electron chi connectivity index (χ4n) is 1.78. The fourth-order valence-corrected chi connectivity index (χ4v) is 3.58. The Bertz CT molecular complexity index is 706. The molecule has 2 aromatic rings. The van der Waals surface area contributed by atoms with Gasteiger partial charge in [0.25, 0.3) is 0 Å². The molecule has 0 aromatic heterocycles. The molecule has 0 amide bonds. The van der Waals surface area contributed by atoms with Crippen LogP contribution < -0.4 is 10.1 Å². The molecule has 0 saturated heterocycles. The normalized spacial score (nSPS) is 10.1. The SMILES string of the molecule is C#CCOc1c(Br)cc(CNc2ccc(Cl)c(Cl)c2)cc1Br. The van der Waals surface area contributed by atoms with Gasteiger partial charge in [0.1, 0.15) is 12.4 Å². The molecule has 0 aliphatic carbocycles. The van der Waals surface area contributed by atoms with E-state index in [1.165, 1.54) is 0 Å². The number of terminal acetylenes is 1. The van der Waals surface area contributed by atoms with Gasteiger partial charge >= 0.3 is 0 Å². The Morgan fingerprint density at radius 2 is 1.77 bits per heavy atom. The number of rotatable bonds is 5. The van der Waals surface area contributed by atoms with Crippen LogP contribution >= 0.6 is 55.1 Å². The third-order valence-corrected chi connectivity index (χ3v) is 4.69. The van der Waals surface area contributed by atoms with E-state index in [1.807, 2.05) is 18.2 Å². The van der Waals surface area contributed by atoms with E-state index in [2.05, 4.69) is 43.1 Å². The van der Waals surface area contributed by atoms with Gasteiger partial charge in [0.2, 0.25) is 0 Å². The van der Waals surface area contributed by atoms with Crippen molar-refractivity contribution in [2.24, 2.45) is 0 Å². The number of nitrogens with one attached hydrogen (secondary N) is 1. The van der Waals surface area contributed by atoms with Gasteiger partial charge < -0.3 is 10.1 Å². The summed E-state index contributed by atoms with van der Waals surface area (Å²) >= 11 is 18.9. The first-order valence-corrected chi connectivity index (χ1v) is 8.58. The highest BCUT2D eigenvalue weighted by atomic mass is 79.9. The quantitative estimate of drug-likeness (QED) is 0.537. The lowest BCUT2D eigenvalue weighted by molar-refractivity contribution is 0.365. The van der Waals surface area contributed by atoms with Crippen molar-refractivity contribution in [3.05, 3.63) is 54.9 Å². The van der Waals surface area contributed by atoms with Crippen LogP contribution in [0.1, 0.15) is 5.56 Å². The van der Waals surface area contributed by atoms with E-state index in [0.29, 0.717) is 22.3 Å². The summed E-state index contributed by atoms with van der Waals surface area (Å²) in [6.07, 6.45) is 5.21. The lowest BCUT2D eigenvalue weighted by atomic mass is 10.2. The van der Waals surface area contributed by atoms with Crippen LogP contribution in [0.4, 0.5) is 5.69 Å². The van der Waals surface area contributed by atoms with Crippen LogP contribution in [0, 0.1) is 12.3 Å². The maximum atomic E-state index is 6.00. The van der Waals surface area contributed by atoms with Gasteiger partial charge in [0, 0.05) is 12.2 Å². The third-order valence-electron chi connectivity index (χ3n) is 2.77. The first-order chi connectivity index (χ1) is 10.5. The standard InChI is InChI=1S/C16H11Br2Cl2NO/c1-2-5-22-16-12(17)6-10(7-13(16)18)9-21-11-3-4-14(19)15(20)8-11/h1,3-4,6-8,21H,5,9H2. The number of hydrogen-bond donors (Lipinski definition) is 1. The molecular formula is C16H11Br2Cl2NO. The minimum absolute atomic E-state index is 0.220. The maximum Gasteiger partial charge on any atom is 0.149 e. The van der Waals surface area contributed by atoms with Crippen molar-refractivity contribution in [2.75, 3.05) is 11.9 Å². The van der Waals surface area contributed by atoms with Gasteiger partial charge in [0.15, 0.2) is 0 Å². The molecule has 0 bridgehead atoms. The summed E-state index contributed by atoms with van der Waals surface area (Å²) in [7, 11) is 0. The molecule has 1 N–H and O–H groups in total. The van der Waals surface area contributed by atoms with Gasteiger partial charge in [-0.1, -0.05) is 29.1 Å². The molecule has 0 spiro atoms. The van der Waals surface area contributed by atoms with Gasteiger partial charge in [-0.2, -0.15) is 0 Å². The van der Waals surface area contributed by atoms with E-state index >= 15 is 0 Å². The zero-order chi connectivity index (χ0) is 16.1. The smallest absolute Gasteiger partial charge is 0.149 e. The molecular weight excluding hydrogens is 453 g/mol. The molecule has 2 nitrogen and oxygen atoms in total. The highest BCUT2D eigenvalue weighted by molar-refractivity contribution is 9.11. The number of hydrogen-bond acceptors (Lipinski definition) is 2. The van der Waals surface area contributed by atoms with Crippen LogP contribution in [0.3, 0.4) is 0 Å². The van der Waals surface area contributed by atoms with Crippen LogP contribution in [0.2, 0.25) is 10.0 Å². The summed E-state index contributed by atoms with van der Waals surface area (Å²) in [5.74, 6) is 3.13. The molecule has 6 heteroatoms. The van der Waals surface area contributed by atoms with E-state index in [-0.39, 0.29) is 6.61 Å². The zero-order valence-corrected chi connectivity index (χ0v) is 16.0. The first kappa shape index (κ1) is 17.5. The van der Waals surface area contributed by atoms with E-state index in [0.717, 1.165) is 20.2 Å². The van der Waals surface area contributed by atoms with E-state index in [9.17, 15) is 0 Å². The Morgan fingerprint density at radius 3 is 2.36 bits per heavy atom. The lowest BCUT2D eigenvalue weighted by Gasteiger charge is -2.12. The second-order valence-corrected chi connectivity index (χ2v) is 6.89. The molecule has 0 fully saturated rings. The molecule has 0 unspecified atom stereocenters. The van der Waals surface area contributed by atoms with E-state index < -0.39 is 0 Å². The van der Waals surface area contributed by atoms with Gasteiger partial charge in [-0.15, -0.1) is 6.42 Å². The molecule has 0 aliphatic rings. The van der Waals surface area contributed by atoms with E-state index in [1.54, 1.807) is 12.1 Å². The van der Waals surface area contributed by atoms with Gasteiger partial charge in [-0.3, -0.25) is 0 Å². The molecule has 0 heterocycles. The van der Waals surface area contributed by atoms with Crippen molar-refractivity contribution in [2.45, 2.75) is 6.54 Å². The van der Waals surface area contributed by atoms with Crippen LogP contribution in [-0.2, 0) is 6.54 Å². The molecule has 0 aliphatic heterocycles. The minimum Gasteiger partial charge on any atom is -0.479 e. The summed E-state index contributed by atoms with van der Waals surface area (Å²) in [6, 6.07) is 9.37. The number of anilines is 1. The predicted molar refractivity (Wildman–Crippen MR) is 100.0 cm³/mol. The molecule has 2 rings (SSSR count). The van der Waals surface area contributed by atoms with Gasteiger partial charge in [0.05, 0.1) is 19.0 Å². The molecule has 0 radical (unpaired) electrons. The number of halogens is 4. The van der Waals surface area contributed by atoms with Crippen LogP contribution in [0.5, 0.6) is 5.75 Å². The highest BCUT2D eigenvalue weighted by Gasteiger charge is 2.09. The average molecular weight is 464 g/mol. The Kier molecular flexibility index (Phi) is 6.46. The Morgan fingerprint density at radius 1 is 1.09 bits per heavy atom. The van der Waals surface area contributed by atoms with Crippen molar-refractivity contribution < 1.29 is 4.74 Å². The summed E-state index contributed by atoms with van der Waals surface area (Å²) in [4.78, 5) is 0. The van der Waals surface area contributed by atoms with Crippen molar-refractivity contribution in [3.63, 3.8) is 0 Å². The monoisotopic (exact) mass is 461 g/mol. The van der Waals surface area contributed by atoms with Crippen molar-refractivity contribution >= 4 is 60.7 Å². The van der Waals surface area contributed by atoms with Crippen LogP contribution in [-0.4, -0.2) is 6.61 Å². The largest absolute Gasteiger partial charge is 0.479 e. The van der Waals surface area contributed by atoms with Gasteiger partial charge in [-0.25, -0.2) is 0 Å². The lowest BCUT2D eigenvalue weighted by Crippen LogP contribution is -2.01. The predicted octanol–water partition coefficient (Wildman–Crippen LogP) is 6.14. The van der Waals surface area contributed by atoms with Crippen molar-refractivity contribution in [1.82, 2.24) is 0 Å². The Balaban J connectivity index is 2.10. The number of ether oxygens (including phenoxy) is 1. The molecule has 22 heavy (non-hydrogen) atoms. The fraction of sp³-hybridized carbons (Fsp3) is 0.125. The second-order valence-electron chi connectivity index (χ2n) is 4.36. The van der Waals surface area contributed by atoms with Crippen molar-refractivity contribution in [3.8, 4) is 18.1 Å². The van der Waals surface area contributed by atoms with Crippen molar-refractivity contribution in [1.29, 1.82) is 0 Å². The average Bonchev–Trinajstić information content (AvgIpc) is 2.48. The molecule has 2 aromatic carbocycles. The van der Waals surface area contributed by atoms with Gasteiger partial charge in [-0.05, 0) is 67.8 Å². The second kappa shape index (κ2) is 8.12. The first-order valence-electron chi connectivity index (χ1n) is 6.24. The summed E-state index contributed by atoms with van der Waals surface area (Å²) in [5, 5.41) is 4.34. The van der Waals surface area contributed by atoms with Crippen LogP contribution in [0.15, 0.2) is 39.3 Å². The summed E-state index contributed by atoms with van der Waals surface area (Å²) in [6.45, 7) is 0.850. The third kappa shape index (κ3) is 4.57. The van der Waals surface area contributed by atoms with Crippen LogP contribution in [0.25, 0.3) is 0 Å². The highest BCUT2D eigenvalue weighted by Crippen LogP contribution is 2.35. The molecule has 0 atom stereocenters. The van der Waals surface area contributed by atoms with E-state index in [4.69, 9.17) is 34.4 Å². The number of benzene rings is 2. The Hall–Kier alpha value is -0.860. The molecule has 0 saturated carbocycles. The summed E-state index contributed by atoms with van der Waals surface area (Å²) < 4.78 is 7.15. The Labute approximate surface area is 156 Å². The zero-order valence-electron chi connectivity index (χ0n) is 11.3. The topological polar surface area (TPSA) is 21.3 Å². The minimum atomic E-state index is 0.220.